The van der Waals surface area contributed by atoms with E-state index in [4.69, 9.17) is 0 Å². The molecule has 1 saturated heterocycles. The highest BCUT2D eigenvalue weighted by Crippen LogP contribution is 2.37. The van der Waals surface area contributed by atoms with Gasteiger partial charge in [-0.2, -0.15) is 0 Å². The summed E-state index contributed by atoms with van der Waals surface area (Å²) in [5, 5.41) is 9.77. The number of hydrogen-bond acceptors (Lipinski definition) is 3. The average Bonchev–Trinajstić information content (AvgIpc) is 2.34. The maximum atomic E-state index is 9.77. The molecule has 0 aromatic heterocycles. The van der Waals surface area contributed by atoms with Gasteiger partial charge in [-0.05, 0) is 26.8 Å². The summed E-state index contributed by atoms with van der Waals surface area (Å²) in [4.78, 5) is 5.01. The lowest BCUT2D eigenvalue weighted by Gasteiger charge is -2.45. The van der Waals surface area contributed by atoms with Crippen LogP contribution in [0.2, 0.25) is 0 Å². The first-order valence-electron chi connectivity index (χ1n) is 7.19. The molecule has 0 aromatic rings. The molecule has 1 unspecified atom stereocenters. The summed E-state index contributed by atoms with van der Waals surface area (Å²) in [6.07, 6.45) is 6.43. The molecule has 1 aliphatic heterocycles. The number of rotatable bonds is 3. The number of piperazine rings is 1. The van der Waals surface area contributed by atoms with E-state index < -0.39 is 0 Å². The highest BCUT2D eigenvalue weighted by Gasteiger charge is 2.35. The molecule has 0 bridgehead atoms. The van der Waals surface area contributed by atoms with Crippen LogP contribution in [0.25, 0.3) is 0 Å². The van der Waals surface area contributed by atoms with Crippen LogP contribution in [-0.2, 0) is 0 Å². The standard InChI is InChI=1S/C14H28N2O/c1-13-10-15(2)8-9-16(13)11-14(12-17)6-4-3-5-7-14/h13,17H,3-12H2,1-2H3. The lowest BCUT2D eigenvalue weighted by atomic mass is 9.74. The first kappa shape index (κ1) is 13.3. The van der Waals surface area contributed by atoms with Gasteiger partial charge in [0.1, 0.15) is 0 Å². The summed E-state index contributed by atoms with van der Waals surface area (Å²) in [6.45, 7) is 7.32. The Kier molecular flexibility index (Phi) is 4.45. The van der Waals surface area contributed by atoms with Gasteiger partial charge >= 0.3 is 0 Å². The maximum Gasteiger partial charge on any atom is 0.0499 e. The van der Waals surface area contributed by atoms with E-state index in [1.165, 1.54) is 51.7 Å². The second kappa shape index (κ2) is 5.68. The van der Waals surface area contributed by atoms with Crippen molar-refractivity contribution in [3.8, 4) is 0 Å². The van der Waals surface area contributed by atoms with Crippen molar-refractivity contribution in [1.29, 1.82) is 0 Å². The monoisotopic (exact) mass is 240 g/mol. The van der Waals surface area contributed by atoms with Crippen LogP contribution in [0.5, 0.6) is 0 Å². The molecular formula is C14H28N2O. The van der Waals surface area contributed by atoms with Gasteiger partial charge in [0, 0.05) is 44.2 Å². The number of aliphatic hydroxyl groups excluding tert-OH is 1. The van der Waals surface area contributed by atoms with E-state index in [0.29, 0.717) is 12.6 Å². The molecule has 100 valence electrons. The van der Waals surface area contributed by atoms with Crippen molar-refractivity contribution >= 4 is 0 Å². The Morgan fingerprint density at radius 2 is 1.88 bits per heavy atom. The summed E-state index contributed by atoms with van der Waals surface area (Å²) in [5.74, 6) is 0. The average molecular weight is 240 g/mol. The molecule has 0 amide bonds. The van der Waals surface area contributed by atoms with Crippen LogP contribution in [-0.4, -0.2) is 60.8 Å². The fourth-order valence-corrected chi connectivity index (χ4v) is 3.51. The van der Waals surface area contributed by atoms with E-state index in [9.17, 15) is 5.11 Å². The van der Waals surface area contributed by atoms with Gasteiger partial charge in [-0.3, -0.25) is 4.90 Å². The van der Waals surface area contributed by atoms with Crippen LogP contribution < -0.4 is 0 Å². The molecule has 0 aromatic carbocycles. The minimum Gasteiger partial charge on any atom is -0.396 e. The summed E-state index contributed by atoms with van der Waals surface area (Å²) >= 11 is 0. The van der Waals surface area contributed by atoms with Gasteiger partial charge in [0.25, 0.3) is 0 Å². The molecule has 1 heterocycles. The molecule has 17 heavy (non-hydrogen) atoms. The smallest absolute Gasteiger partial charge is 0.0499 e. The third-order valence-corrected chi connectivity index (χ3v) is 4.76. The van der Waals surface area contributed by atoms with Crippen LogP contribution in [0, 0.1) is 5.41 Å². The zero-order valence-corrected chi connectivity index (χ0v) is 11.5. The third-order valence-electron chi connectivity index (χ3n) is 4.76. The van der Waals surface area contributed by atoms with Crippen molar-refractivity contribution in [3.05, 3.63) is 0 Å². The SMILES string of the molecule is CC1CN(C)CCN1CC1(CO)CCCCC1. The molecular weight excluding hydrogens is 212 g/mol. The summed E-state index contributed by atoms with van der Waals surface area (Å²) in [7, 11) is 2.20. The summed E-state index contributed by atoms with van der Waals surface area (Å²) in [5.41, 5.74) is 0.211. The second-order valence-electron chi connectivity index (χ2n) is 6.30. The quantitative estimate of drug-likeness (QED) is 0.811. The van der Waals surface area contributed by atoms with E-state index in [2.05, 4.69) is 23.8 Å². The van der Waals surface area contributed by atoms with Crippen LogP contribution in [0.4, 0.5) is 0 Å². The molecule has 1 saturated carbocycles. The molecule has 2 aliphatic rings. The van der Waals surface area contributed by atoms with Crippen LogP contribution in [0.1, 0.15) is 39.0 Å². The molecule has 3 heteroatoms. The van der Waals surface area contributed by atoms with Crippen LogP contribution in [0.15, 0.2) is 0 Å². The zero-order chi connectivity index (χ0) is 12.3. The fourth-order valence-electron chi connectivity index (χ4n) is 3.51. The molecule has 1 aliphatic carbocycles. The van der Waals surface area contributed by atoms with Crippen LogP contribution in [0.3, 0.4) is 0 Å². The van der Waals surface area contributed by atoms with Crippen molar-refractivity contribution in [2.24, 2.45) is 5.41 Å². The van der Waals surface area contributed by atoms with Crippen LogP contribution >= 0.6 is 0 Å². The molecule has 1 atom stereocenters. The normalized spacial score (nSPS) is 31.6. The number of hydrogen-bond donors (Lipinski definition) is 1. The Bertz CT molecular complexity index is 238. The van der Waals surface area contributed by atoms with E-state index in [1.807, 2.05) is 0 Å². The zero-order valence-electron chi connectivity index (χ0n) is 11.5. The van der Waals surface area contributed by atoms with Crippen molar-refractivity contribution in [2.45, 2.75) is 45.1 Å². The predicted molar refractivity (Wildman–Crippen MR) is 71.1 cm³/mol. The molecule has 2 fully saturated rings. The van der Waals surface area contributed by atoms with Gasteiger partial charge in [-0.25, -0.2) is 0 Å². The molecule has 2 rings (SSSR count). The largest absolute Gasteiger partial charge is 0.396 e. The van der Waals surface area contributed by atoms with Gasteiger partial charge in [-0.15, -0.1) is 0 Å². The van der Waals surface area contributed by atoms with Crippen molar-refractivity contribution < 1.29 is 5.11 Å². The van der Waals surface area contributed by atoms with E-state index in [0.717, 1.165) is 6.54 Å². The fraction of sp³-hybridized carbons (Fsp3) is 1.00. The Morgan fingerprint density at radius 1 is 1.18 bits per heavy atom. The number of nitrogens with zero attached hydrogens (tertiary/aromatic N) is 2. The maximum absolute atomic E-state index is 9.77. The first-order valence-corrected chi connectivity index (χ1v) is 7.19. The molecule has 0 spiro atoms. The molecule has 3 nitrogen and oxygen atoms in total. The van der Waals surface area contributed by atoms with Gasteiger partial charge < -0.3 is 10.0 Å². The predicted octanol–water partition coefficient (Wildman–Crippen LogP) is 1.57. The Labute approximate surface area is 106 Å². The van der Waals surface area contributed by atoms with Crippen molar-refractivity contribution in [2.75, 3.05) is 39.8 Å². The Hall–Kier alpha value is -0.120. The number of likely N-dealkylation sites (N-methyl/N-ethyl adjacent to an activating group) is 1. The van der Waals surface area contributed by atoms with Gasteiger partial charge in [0.15, 0.2) is 0 Å². The number of aliphatic hydroxyl groups is 1. The molecule has 0 radical (unpaired) electrons. The van der Waals surface area contributed by atoms with E-state index in [1.54, 1.807) is 0 Å². The Balaban J connectivity index is 1.93. The van der Waals surface area contributed by atoms with Gasteiger partial charge in [-0.1, -0.05) is 19.3 Å². The minimum atomic E-state index is 0.211. The molecule has 1 N–H and O–H groups in total. The van der Waals surface area contributed by atoms with E-state index >= 15 is 0 Å². The van der Waals surface area contributed by atoms with Gasteiger partial charge in [0.05, 0.1) is 0 Å². The lowest BCUT2D eigenvalue weighted by molar-refractivity contribution is 0.00447. The highest BCUT2D eigenvalue weighted by atomic mass is 16.3. The third kappa shape index (κ3) is 3.21. The summed E-state index contributed by atoms with van der Waals surface area (Å²) in [6, 6.07) is 0.638. The summed E-state index contributed by atoms with van der Waals surface area (Å²) < 4.78 is 0. The Morgan fingerprint density at radius 3 is 2.47 bits per heavy atom. The highest BCUT2D eigenvalue weighted by molar-refractivity contribution is 4.88. The lowest BCUT2D eigenvalue weighted by Crippen LogP contribution is -2.54. The van der Waals surface area contributed by atoms with Crippen molar-refractivity contribution in [1.82, 2.24) is 9.80 Å². The van der Waals surface area contributed by atoms with E-state index in [-0.39, 0.29) is 5.41 Å². The van der Waals surface area contributed by atoms with Crippen molar-refractivity contribution in [3.63, 3.8) is 0 Å². The van der Waals surface area contributed by atoms with Gasteiger partial charge in [0.2, 0.25) is 0 Å². The second-order valence-corrected chi connectivity index (χ2v) is 6.30. The topological polar surface area (TPSA) is 26.7 Å². The first-order chi connectivity index (χ1) is 8.15. The minimum absolute atomic E-state index is 0.211.